The molecular formula is C36H54F2O6. The molecular weight excluding hydrogens is 566 g/mol. The number of ether oxygens (including phenoxy) is 1. The predicted molar refractivity (Wildman–Crippen MR) is 169 cm³/mol. The molecule has 44 heavy (non-hydrogen) atoms. The molecule has 1 unspecified atom stereocenters. The fraction of sp³-hybridized carbons (Fsp3) is 0.667. The van der Waals surface area contributed by atoms with Gasteiger partial charge in [-0.05, 0) is 99.0 Å². The summed E-state index contributed by atoms with van der Waals surface area (Å²) in [5.74, 6) is 0.219. The van der Waals surface area contributed by atoms with Crippen LogP contribution in [0.3, 0.4) is 0 Å². The van der Waals surface area contributed by atoms with Crippen LogP contribution in [0.5, 0.6) is 0 Å². The summed E-state index contributed by atoms with van der Waals surface area (Å²) in [7, 11) is 0. The standard InChI is InChI=1S/C32H48F2O4.C4H6O2/c1-3-4-5-6-28-17-18-29(31(34)30(28)33)27-15-13-26(14-16-27)25-11-9-23(10-12-25)7-8-24(20-36)21-38-32(37)22(2)19-35;1-4(2-5)3-6/h17-18,23-27,35-36H,2-16,19-21H2,1H3;2,6H,1,3H2. The summed E-state index contributed by atoms with van der Waals surface area (Å²) in [4.78, 5) is 21.2. The van der Waals surface area contributed by atoms with Gasteiger partial charge in [0.05, 0.1) is 25.4 Å². The molecule has 1 aromatic rings. The number of carbonyl (C=O) groups excluding carboxylic acids is 2. The van der Waals surface area contributed by atoms with E-state index in [1.807, 2.05) is 12.1 Å². The van der Waals surface area contributed by atoms with Gasteiger partial charge in [-0.15, -0.1) is 0 Å². The van der Waals surface area contributed by atoms with Crippen molar-refractivity contribution in [2.75, 3.05) is 26.4 Å². The molecule has 6 nitrogen and oxygen atoms in total. The fourth-order valence-corrected chi connectivity index (χ4v) is 6.62. The minimum atomic E-state index is -0.628. The molecule has 2 fully saturated rings. The zero-order valence-corrected chi connectivity index (χ0v) is 26.6. The first kappa shape index (κ1) is 37.8. The normalized spacial score (nSPS) is 22.3. The molecule has 0 aliphatic heterocycles. The van der Waals surface area contributed by atoms with E-state index in [9.17, 15) is 23.5 Å². The third kappa shape index (κ3) is 12.2. The second-order valence-corrected chi connectivity index (χ2v) is 12.7. The average Bonchev–Trinajstić information content (AvgIpc) is 3.06. The number of carbonyl (C=O) groups is 2. The van der Waals surface area contributed by atoms with Crippen molar-refractivity contribution in [1.29, 1.82) is 0 Å². The maximum atomic E-state index is 14.9. The molecule has 1 aromatic carbocycles. The lowest BCUT2D eigenvalue weighted by Crippen LogP contribution is -2.26. The van der Waals surface area contributed by atoms with Gasteiger partial charge in [-0.3, -0.25) is 4.79 Å². The smallest absolute Gasteiger partial charge is 0.335 e. The third-order valence-electron chi connectivity index (χ3n) is 9.55. The number of aliphatic hydroxyl groups excluding tert-OH is 3. The average molecular weight is 621 g/mol. The highest BCUT2D eigenvalue weighted by molar-refractivity contribution is 5.87. The highest BCUT2D eigenvalue weighted by atomic mass is 19.2. The number of benzene rings is 1. The van der Waals surface area contributed by atoms with E-state index in [4.69, 9.17) is 14.9 Å². The molecule has 0 aromatic heterocycles. The summed E-state index contributed by atoms with van der Waals surface area (Å²) in [5.41, 5.74) is 1.34. The van der Waals surface area contributed by atoms with Gasteiger partial charge in [-0.1, -0.05) is 57.9 Å². The van der Waals surface area contributed by atoms with Crippen LogP contribution in [0.25, 0.3) is 0 Å². The van der Waals surface area contributed by atoms with Crippen molar-refractivity contribution in [3.05, 3.63) is 59.2 Å². The van der Waals surface area contributed by atoms with Crippen molar-refractivity contribution in [3.8, 4) is 0 Å². The molecule has 0 heterocycles. The van der Waals surface area contributed by atoms with Gasteiger partial charge in [0.15, 0.2) is 11.6 Å². The minimum Gasteiger partial charge on any atom is -0.462 e. The number of aldehydes is 1. The van der Waals surface area contributed by atoms with Crippen LogP contribution in [0.4, 0.5) is 8.78 Å². The Morgan fingerprint density at radius 1 is 0.955 bits per heavy atom. The molecule has 0 spiro atoms. The van der Waals surface area contributed by atoms with Gasteiger partial charge in [-0.25, -0.2) is 13.6 Å². The SMILES string of the molecule is C=C(C=O)CO.C=C(CO)C(=O)OCC(CO)CCC1CCC(C2CCC(c3ccc(CCCCC)c(F)c3F)CC2)CC1. The van der Waals surface area contributed by atoms with Crippen LogP contribution in [0.1, 0.15) is 107 Å². The largest absolute Gasteiger partial charge is 0.462 e. The third-order valence-corrected chi connectivity index (χ3v) is 9.55. The quantitative estimate of drug-likeness (QED) is 0.0797. The van der Waals surface area contributed by atoms with E-state index in [1.165, 1.54) is 25.7 Å². The number of hydrogen-bond acceptors (Lipinski definition) is 6. The summed E-state index contributed by atoms with van der Waals surface area (Å²) < 4.78 is 34.8. The van der Waals surface area contributed by atoms with E-state index < -0.39 is 24.2 Å². The number of hydrogen-bond donors (Lipinski definition) is 3. The molecule has 248 valence electrons. The first-order valence-corrected chi connectivity index (χ1v) is 16.5. The second kappa shape index (κ2) is 20.6. The summed E-state index contributed by atoms with van der Waals surface area (Å²) in [5, 5.41) is 26.6. The van der Waals surface area contributed by atoms with Crippen LogP contribution < -0.4 is 0 Å². The number of rotatable bonds is 16. The summed E-state index contributed by atoms with van der Waals surface area (Å²) in [6.07, 6.45) is 14.8. The van der Waals surface area contributed by atoms with Crippen molar-refractivity contribution >= 4 is 12.3 Å². The molecule has 0 amide bonds. The van der Waals surface area contributed by atoms with Crippen LogP contribution in [-0.2, 0) is 20.7 Å². The Morgan fingerprint density at radius 2 is 1.59 bits per heavy atom. The van der Waals surface area contributed by atoms with Crippen molar-refractivity contribution < 1.29 is 38.4 Å². The number of unbranched alkanes of at least 4 members (excludes halogenated alkanes) is 2. The van der Waals surface area contributed by atoms with Gasteiger partial charge in [0, 0.05) is 18.1 Å². The summed E-state index contributed by atoms with van der Waals surface area (Å²) >= 11 is 0. The molecule has 3 N–H and O–H groups in total. The monoisotopic (exact) mass is 620 g/mol. The first-order valence-electron chi connectivity index (χ1n) is 16.5. The Labute approximate surface area is 262 Å². The Balaban J connectivity index is 0.00000102. The Morgan fingerprint density at radius 3 is 2.11 bits per heavy atom. The first-order chi connectivity index (χ1) is 21.2. The number of aliphatic hydroxyl groups is 3. The molecule has 0 radical (unpaired) electrons. The highest BCUT2D eigenvalue weighted by Crippen LogP contribution is 2.45. The highest BCUT2D eigenvalue weighted by Gasteiger charge is 2.32. The van der Waals surface area contributed by atoms with E-state index in [2.05, 4.69) is 20.1 Å². The lowest BCUT2D eigenvalue weighted by Gasteiger charge is -2.38. The summed E-state index contributed by atoms with van der Waals surface area (Å²) in [6, 6.07) is 3.66. The number of halogens is 2. The van der Waals surface area contributed by atoms with Crippen molar-refractivity contribution in [1.82, 2.24) is 0 Å². The lowest BCUT2D eigenvalue weighted by atomic mass is 9.67. The molecule has 1 atom stereocenters. The van der Waals surface area contributed by atoms with Gasteiger partial charge in [-0.2, -0.15) is 0 Å². The number of esters is 1. The van der Waals surface area contributed by atoms with Crippen molar-refractivity contribution in [2.45, 2.75) is 103 Å². The van der Waals surface area contributed by atoms with Crippen LogP contribution in [0, 0.1) is 35.3 Å². The van der Waals surface area contributed by atoms with Gasteiger partial charge in [0.1, 0.15) is 6.29 Å². The lowest BCUT2D eigenvalue weighted by molar-refractivity contribution is -0.141. The van der Waals surface area contributed by atoms with E-state index in [-0.39, 0.29) is 42.8 Å². The number of aryl methyl sites for hydroxylation is 1. The predicted octanol–water partition coefficient (Wildman–Crippen LogP) is 6.99. The van der Waals surface area contributed by atoms with E-state index in [1.54, 1.807) is 0 Å². The molecule has 0 bridgehead atoms. The Kier molecular flexibility index (Phi) is 17.7. The maximum absolute atomic E-state index is 14.9. The van der Waals surface area contributed by atoms with Crippen LogP contribution >= 0.6 is 0 Å². The molecule has 8 heteroatoms. The van der Waals surface area contributed by atoms with Gasteiger partial charge >= 0.3 is 5.97 Å². The molecule has 2 saturated carbocycles. The zero-order valence-electron chi connectivity index (χ0n) is 26.6. The zero-order chi connectivity index (χ0) is 32.5. The Bertz CT molecular complexity index is 1040. The van der Waals surface area contributed by atoms with Crippen LogP contribution in [0.2, 0.25) is 0 Å². The van der Waals surface area contributed by atoms with E-state index in [0.717, 1.165) is 57.8 Å². The van der Waals surface area contributed by atoms with Gasteiger partial charge in [0.25, 0.3) is 0 Å². The van der Waals surface area contributed by atoms with Gasteiger partial charge in [0.2, 0.25) is 0 Å². The molecule has 2 aliphatic carbocycles. The van der Waals surface area contributed by atoms with E-state index >= 15 is 0 Å². The molecule has 0 saturated heterocycles. The fourth-order valence-electron chi connectivity index (χ4n) is 6.62. The van der Waals surface area contributed by atoms with Crippen molar-refractivity contribution in [3.63, 3.8) is 0 Å². The van der Waals surface area contributed by atoms with E-state index in [0.29, 0.717) is 41.6 Å². The molecule has 2 aliphatic rings. The maximum Gasteiger partial charge on any atom is 0.335 e. The van der Waals surface area contributed by atoms with Crippen LogP contribution in [-0.4, -0.2) is 54.0 Å². The topological polar surface area (TPSA) is 104 Å². The Hall–Kier alpha value is -2.42. The molecule has 3 rings (SSSR count). The van der Waals surface area contributed by atoms with Crippen molar-refractivity contribution in [2.24, 2.45) is 23.7 Å². The second-order valence-electron chi connectivity index (χ2n) is 12.7. The van der Waals surface area contributed by atoms with Crippen LogP contribution in [0.15, 0.2) is 36.4 Å². The van der Waals surface area contributed by atoms with Gasteiger partial charge < -0.3 is 20.1 Å². The minimum absolute atomic E-state index is 0.0243. The summed E-state index contributed by atoms with van der Waals surface area (Å²) in [6.45, 7) is 8.22.